The third kappa shape index (κ3) is 5.40. The molecule has 0 radical (unpaired) electrons. The van der Waals surface area contributed by atoms with Gasteiger partial charge in [-0.25, -0.2) is 24.0 Å². The molecule has 0 fully saturated rings. The van der Waals surface area contributed by atoms with Crippen LogP contribution < -0.4 is 15.6 Å². The van der Waals surface area contributed by atoms with Crippen molar-refractivity contribution in [3.05, 3.63) is 58.5 Å². The summed E-state index contributed by atoms with van der Waals surface area (Å²) in [7, 11) is 0. The maximum absolute atomic E-state index is 12.9. The normalized spacial score (nSPS) is 11.8. The van der Waals surface area contributed by atoms with Crippen molar-refractivity contribution < 1.29 is 14.3 Å². The summed E-state index contributed by atoms with van der Waals surface area (Å²) < 4.78 is 14.0. The number of carbonyl (C=O) groups excluding carboxylic acids is 1. The summed E-state index contributed by atoms with van der Waals surface area (Å²) in [4.78, 5) is 33.7. The summed E-state index contributed by atoms with van der Waals surface area (Å²) in [6.45, 7) is 11.8. The number of nitrogens with zero attached hydrogens (tertiary/aromatic N) is 5. The topological polar surface area (TPSA) is 128 Å². The average Bonchev–Trinajstić information content (AvgIpc) is 3.43. The number of H-pyrrole nitrogens is 1. The van der Waals surface area contributed by atoms with Crippen LogP contribution in [0.1, 0.15) is 51.8 Å². The van der Waals surface area contributed by atoms with Gasteiger partial charge in [-0.2, -0.15) is 5.10 Å². The molecule has 1 amide bonds. The van der Waals surface area contributed by atoms with Gasteiger partial charge < -0.3 is 14.8 Å². The number of nitrogens with one attached hydrogen (secondary N) is 2. The summed E-state index contributed by atoms with van der Waals surface area (Å²) in [5.74, 6) is 1.22. The standard InChI is InChI=1S/C25H31N7O4/c1-15(2)21-16(3)30-22-19(13-29-32(22)23(21)33)17-12-28-31(14-17)20-11-18(7-8-26-20)35-10-9-27-24(34)36-25(4,5)6/h7-8,11-15,29H,9-10H2,1-6H3,(H,27,34). The van der Waals surface area contributed by atoms with Crippen LogP contribution in [0.3, 0.4) is 0 Å². The van der Waals surface area contributed by atoms with Gasteiger partial charge >= 0.3 is 6.09 Å². The quantitative estimate of drug-likeness (QED) is 0.376. The van der Waals surface area contributed by atoms with Crippen LogP contribution in [-0.2, 0) is 4.74 Å². The number of aryl methyl sites for hydroxylation is 1. The van der Waals surface area contributed by atoms with Gasteiger partial charge in [-0.05, 0) is 39.7 Å². The summed E-state index contributed by atoms with van der Waals surface area (Å²) in [5.41, 5.74) is 2.85. The molecule has 4 aromatic rings. The molecule has 190 valence electrons. The van der Waals surface area contributed by atoms with Crippen LogP contribution in [0.25, 0.3) is 22.6 Å². The van der Waals surface area contributed by atoms with Gasteiger partial charge in [-0.1, -0.05) is 13.8 Å². The molecular weight excluding hydrogens is 462 g/mol. The smallest absolute Gasteiger partial charge is 0.407 e. The Labute approximate surface area is 208 Å². The van der Waals surface area contributed by atoms with E-state index < -0.39 is 11.7 Å². The van der Waals surface area contributed by atoms with Crippen LogP contribution in [0.5, 0.6) is 5.75 Å². The Bertz CT molecular complexity index is 1440. The second-order valence-corrected chi connectivity index (χ2v) is 9.72. The Morgan fingerprint density at radius 3 is 2.78 bits per heavy atom. The Hall–Kier alpha value is -4.15. The highest BCUT2D eigenvalue weighted by molar-refractivity contribution is 5.76. The molecule has 4 heterocycles. The molecule has 0 bridgehead atoms. The Kier molecular flexibility index (Phi) is 6.82. The SMILES string of the molecule is Cc1nc2c(-c3cnn(-c4cc(OCCNC(=O)OC(C)(C)C)ccn4)c3)c[nH]n2c(=O)c1C(C)C. The lowest BCUT2D eigenvalue weighted by molar-refractivity contribution is 0.0520. The number of hydrogen-bond donors (Lipinski definition) is 2. The largest absolute Gasteiger partial charge is 0.492 e. The number of amides is 1. The van der Waals surface area contributed by atoms with Crippen LogP contribution in [0.15, 0.2) is 41.7 Å². The molecule has 0 aliphatic rings. The van der Waals surface area contributed by atoms with Gasteiger partial charge in [0.05, 0.1) is 12.7 Å². The van der Waals surface area contributed by atoms with Gasteiger partial charge in [0, 0.05) is 47.0 Å². The molecule has 0 atom stereocenters. The maximum Gasteiger partial charge on any atom is 0.407 e. The van der Waals surface area contributed by atoms with Gasteiger partial charge in [-0.15, -0.1) is 0 Å². The highest BCUT2D eigenvalue weighted by Crippen LogP contribution is 2.25. The first-order chi connectivity index (χ1) is 17.0. The number of alkyl carbamates (subject to hydrolysis) is 1. The third-order valence-corrected chi connectivity index (χ3v) is 5.35. The number of rotatable bonds is 7. The van der Waals surface area contributed by atoms with E-state index in [0.29, 0.717) is 29.3 Å². The summed E-state index contributed by atoms with van der Waals surface area (Å²) in [6, 6.07) is 3.48. The monoisotopic (exact) mass is 493 g/mol. The zero-order chi connectivity index (χ0) is 26.0. The molecule has 0 saturated heterocycles. The zero-order valence-corrected chi connectivity index (χ0v) is 21.3. The second kappa shape index (κ2) is 9.84. The molecule has 0 aromatic carbocycles. The molecule has 4 aromatic heterocycles. The van der Waals surface area contributed by atoms with Gasteiger partial charge in [-0.3, -0.25) is 9.89 Å². The molecule has 2 N–H and O–H groups in total. The van der Waals surface area contributed by atoms with Crippen LogP contribution in [-0.4, -0.2) is 54.2 Å². The van der Waals surface area contributed by atoms with E-state index in [1.54, 1.807) is 56.2 Å². The molecule has 11 nitrogen and oxygen atoms in total. The fourth-order valence-corrected chi connectivity index (χ4v) is 3.85. The van der Waals surface area contributed by atoms with Crippen molar-refractivity contribution in [1.29, 1.82) is 0 Å². The first-order valence-electron chi connectivity index (χ1n) is 11.8. The zero-order valence-electron chi connectivity index (χ0n) is 21.3. The van der Waals surface area contributed by atoms with E-state index in [9.17, 15) is 9.59 Å². The van der Waals surface area contributed by atoms with Crippen molar-refractivity contribution in [2.75, 3.05) is 13.2 Å². The fourth-order valence-electron chi connectivity index (χ4n) is 3.85. The Morgan fingerprint density at radius 1 is 1.28 bits per heavy atom. The number of aromatic amines is 1. The number of fused-ring (bicyclic) bond motifs is 1. The average molecular weight is 494 g/mol. The molecule has 0 aliphatic carbocycles. The summed E-state index contributed by atoms with van der Waals surface area (Å²) in [6.07, 6.45) is 6.39. The van der Waals surface area contributed by atoms with Gasteiger partial charge in [0.15, 0.2) is 11.5 Å². The fraction of sp³-hybridized carbons (Fsp3) is 0.400. The summed E-state index contributed by atoms with van der Waals surface area (Å²) in [5, 5.41) is 10.1. The first-order valence-corrected chi connectivity index (χ1v) is 11.8. The molecule has 4 rings (SSSR count). The molecule has 0 saturated carbocycles. The van der Waals surface area contributed by atoms with E-state index in [4.69, 9.17) is 9.47 Å². The molecule has 36 heavy (non-hydrogen) atoms. The van der Waals surface area contributed by atoms with Crippen molar-refractivity contribution >= 4 is 11.7 Å². The van der Waals surface area contributed by atoms with Gasteiger partial charge in [0.2, 0.25) is 0 Å². The van der Waals surface area contributed by atoms with Crippen molar-refractivity contribution in [2.24, 2.45) is 0 Å². The number of carbonyl (C=O) groups is 1. The predicted octanol–water partition coefficient (Wildman–Crippen LogP) is 3.61. The van der Waals surface area contributed by atoms with Crippen molar-refractivity contribution in [3.8, 4) is 22.7 Å². The molecular formula is C25H31N7O4. The Morgan fingerprint density at radius 2 is 2.06 bits per heavy atom. The predicted molar refractivity (Wildman–Crippen MR) is 135 cm³/mol. The van der Waals surface area contributed by atoms with E-state index in [0.717, 1.165) is 16.8 Å². The number of hydrogen-bond acceptors (Lipinski definition) is 7. The number of aromatic nitrogens is 6. The minimum Gasteiger partial charge on any atom is -0.492 e. The minimum absolute atomic E-state index is 0.0741. The van der Waals surface area contributed by atoms with Crippen LogP contribution in [0.4, 0.5) is 4.79 Å². The third-order valence-electron chi connectivity index (χ3n) is 5.35. The first kappa shape index (κ1) is 25.0. The molecule has 0 aliphatic heterocycles. The van der Waals surface area contributed by atoms with Gasteiger partial charge in [0.25, 0.3) is 5.56 Å². The lowest BCUT2D eigenvalue weighted by Crippen LogP contribution is -2.34. The lowest BCUT2D eigenvalue weighted by atomic mass is 10.0. The van der Waals surface area contributed by atoms with E-state index in [-0.39, 0.29) is 18.1 Å². The second-order valence-electron chi connectivity index (χ2n) is 9.72. The highest BCUT2D eigenvalue weighted by atomic mass is 16.6. The van der Waals surface area contributed by atoms with Crippen molar-refractivity contribution in [2.45, 2.75) is 53.1 Å². The van der Waals surface area contributed by atoms with E-state index in [1.165, 1.54) is 4.52 Å². The van der Waals surface area contributed by atoms with Crippen LogP contribution in [0.2, 0.25) is 0 Å². The summed E-state index contributed by atoms with van der Waals surface area (Å²) >= 11 is 0. The van der Waals surface area contributed by atoms with Crippen LogP contribution in [0, 0.1) is 6.92 Å². The molecule has 0 spiro atoms. The van der Waals surface area contributed by atoms with E-state index in [1.807, 2.05) is 27.0 Å². The van der Waals surface area contributed by atoms with Crippen molar-refractivity contribution in [3.63, 3.8) is 0 Å². The minimum atomic E-state index is -0.553. The highest BCUT2D eigenvalue weighted by Gasteiger charge is 2.18. The number of ether oxygens (including phenoxy) is 2. The lowest BCUT2D eigenvalue weighted by Gasteiger charge is -2.19. The Balaban J connectivity index is 1.48. The molecule has 11 heteroatoms. The molecule has 0 unspecified atom stereocenters. The van der Waals surface area contributed by atoms with Gasteiger partial charge in [0.1, 0.15) is 18.0 Å². The van der Waals surface area contributed by atoms with Crippen LogP contribution >= 0.6 is 0 Å². The van der Waals surface area contributed by atoms with E-state index in [2.05, 4.69) is 25.5 Å². The van der Waals surface area contributed by atoms with E-state index >= 15 is 0 Å². The number of pyridine rings is 1. The maximum atomic E-state index is 12.9. The van der Waals surface area contributed by atoms with Crippen molar-refractivity contribution in [1.82, 2.24) is 34.7 Å².